The predicted octanol–water partition coefficient (Wildman–Crippen LogP) is 3.27. The Balaban J connectivity index is 1.49. The molecule has 1 aromatic heterocycles. The summed E-state index contributed by atoms with van der Waals surface area (Å²) < 4.78 is 37.5. The number of aromatic nitrogens is 2. The fourth-order valence-corrected chi connectivity index (χ4v) is 3.47. The van der Waals surface area contributed by atoms with Crippen LogP contribution in [0.15, 0.2) is 53.3 Å². The highest BCUT2D eigenvalue weighted by Crippen LogP contribution is 2.23. The fraction of sp³-hybridized carbons (Fsp3) is 0.300. The number of fused-ring (bicyclic) bond motifs is 1. The van der Waals surface area contributed by atoms with Crippen molar-refractivity contribution in [2.45, 2.75) is 6.18 Å². The Labute approximate surface area is 159 Å². The quantitative estimate of drug-likeness (QED) is 0.748. The smallest absolute Gasteiger partial charge is 0.369 e. The molecular formula is C20H19F3N4O. The van der Waals surface area contributed by atoms with Crippen LogP contribution in [-0.2, 0) is 0 Å². The van der Waals surface area contributed by atoms with Crippen LogP contribution < -0.4 is 10.5 Å². The third-order valence-electron chi connectivity index (χ3n) is 4.89. The molecule has 0 amide bonds. The normalized spacial score (nSPS) is 15.9. The second-order valence-corrected chi connectivity index (χ2v) is 6.86. The molecule has 4 rings (SSSR count). The van der Waals surface area contributed by atoms with Gasteiger partial charge in [0.15, 0.2) is 0 Å². The Hall–Kier alpha value is -2.87. The fourth-order valence-electron chi connectivity index (χ4n) is 3.47. The van der Waals surface area contributed by atoms with E-state index in [4.69, 9.17) is 0 Å². The number of halogens is 3. The van der Waals surface area contributed by atoms with Gasteiger partial charge < -0.3 is 9.88 Å². The number of para-hydroxylation sites is 1. The molecule has 1 fully saturated rings. The summed E-state index contributed by atoms with van der Waals surface area (Å²) in [7, 11) is 0. The first-order valence-electron chi connectivity index (χ1n) is 9.03. The molecule has 2 heterocycles. The minimum Gasteiger partial charge on any atom is -0.369 e. The largest absolute Gasteiger partial charge is 0.401 e. The van der Waals surface area contributed by atoms with Crippen LogP contribution in [0.4, 0.5) is 18.9 Å². The first-order chi connectivity index (χ1) is 13.4. The molecule has 0 radical (unpaired) electrons. The van der Waals surface area contributed by atoms with E-state index in [2.05, 4.69) is 14.9 Å². The Bertz CT molecular complexity index is 1020. The van der Waals surface area contributed by atoms with Crippen LogP contribution in [0.3, 0.4) is 0 Å². The van der Waals surface area contributed by atoms with Gasteiger partial charge in [0.05, 0.1) is 17.4 Å². The maximum absolute atomic E-state index is 12.5. The van der Waals surface area contributed by atoms with Gasteiger partial charge in [-0.15, -0.1) is 0 Å². The van der Waals surface area contributed by atoms with Crippen molar-refractivity contribution in [3.63, 3.8) is 0 Å². The topological polar surface area (TPSA) is 52.2 Å². The molecule has 0 bridgehead atoms. The maximum Gasteiger partial charge on any atom is 0.401 e. The molecule has 1 N–H and O–H groups in total. The standard InChI is InChI=1S/C20H19F3N4O/c21-20(22,23)13-26-9-11-27(12-10-26)15-7-5-14(6-8-15)18-24-17-4-2-1-3-16(17)19(28)25-18/h1-8H,9-13H2,(H,24,25,28). The van der Waals surface area contributed by atoms with Gasteiger partial charge in [-0.3, -0.25) is 9.69 Å². The van der Waals surface area contributed by atoms with Gasteiger partial charge in [0.25, 0.3) is 5.56 Å². The number of H-pyrrole nitrogens is 1. The van der Waals surface area contributed by atoms with Crippen molar-refractivity contribution in [3.8, 4) is 11.4 Å². The summed E-state index contributed by atoms with van der Waals surface area (Å²) in [6, 6.07) is 14.7. The number of nitrogens with one attached hydrogen (secondary N) is 1. The summed E-state index contributed by atoms with van der Waals surface area (Å²) in [6.07, 6.45) is -4.16. The molecule has 28 heavy (non-hydrogen) atoms. The van der Waals surface area contributed by atoms with Crippen LogP contribution in [0.25, 0.3) is 22.3 Å². The van der Waals surface area contributed by atoms with Crippen LogP contribution in [0.1, 0.15) is 0 Å². The van der Waals surface area contributed by atoms with Gasteiger partial charge in [-0.2, -0.15) is 13.2 Å². The van der Waals surface area contributed by atoms with Gasteiger partial charge in [-0.05, 0) is 36.4 Å². The highest BCUT2D eigenvalue weighted by Gasteiger charge is 2.32. The number of anilines is 1. The second-order valence-electron chi connectivity index (χ2n) is 6.86. The lowest BCUT2D eigenvalue weighted by molar-refractivity contribution is -0.146. The van der Waals surface area contributed by atoms with Crippen molar-refractivity contribution in [1.29, 1.82) is 0 Å². The Morgan fingerprint density at radius 2 is 1.64 bits per heavy atom. The Kier molecular flexibility index (Phi) is 4.80. The lowest BCUT2D eigenvalue weighted by atomic mass is 10.1. The first kappa shape index (κ1) is 18.5. The van der Waals surface area contributed by atoms with Gasteiger partial charge in [-0.25, -0.2) is 4.98 Å². The van der Waals surface area contributed by atoms with E-state index in [1.54, 1.807) is 18.2 Å². The van der Waals surface area contributed by atoms with E-state index in [0.29, 0.717) is 42.9 Å². The zero-order valence-corrected chi connectivity index (χ0v) is 15.0. The maximum atomic E-state index is 12.5. The zero-order chi connectivity index (χ0) is 19.7. The molecule has 0 atom stereocenters. The number of rotatable bonds is 3. The number of hydrogen-bond donors (Lipinski definition) is 1. The van der Waals surface area contributed by atoms with Crippen LogP contribution in [0.5, 0.6) is 0 Å². The summed E-state index contributed by atoms with van der Waals surface area (Å²) >= 11 is 0. The number of piperazine rings is 1. The number of benzene rings is 2. The van der Waals surface area contributed by atoms with Crippen molar-refractivity contribution >= 4 is 16.6 Å². The molecule has 0 saturated carbocycles. The minimum absolute atomic E-state index is 0.189. The molecule has 8 heteroatoms. The number of hydrogen-bond acceptors (Lipinski definition) is 4. The summed E-state index contributed by atoms with van der Waals surface area (Å²) in [5, 5.41) is 0.541. The predicted molar refractivity (Wildman–Crippen MR) is 103 cm³/mol. The van der Waals surface area contributed by atoms with Crippen molar-refractivity contribution < 1.29 is 13.2 Å². The molecular weight excluding hydrogens is 369 g/mol. The second kappa shape index (κ2) is 7.27. The monoisotopic (exact) mass is 388 g/mol. The van der Waals surface area contributed by atoms with Crippen LogP contribution in [0, 0.1) is 0 Å². The summed E-state index contributed by atoms with van der Waals surface area (Å²) in [6.45, 7) is 0.976. The zero-order valence-electron chi connectivity index (χ0n) is 15.0. The number of nitrogens with zero attached hydrogens (tertiary/aromatic N) is 3. The lowest BCUT2D eigenvalue weighted by Gasteiger charge is -2.36. The Morgan fingerprint density at radius 3 is 2.32 bits per heavy atom. The van der Waals surface area contributed by atoms with Crippen molar-refractivity contribution in [3.05, 3.63) is 58.9 Å². The van der Waals surface area contributed by atoms with Crippen LogP contribution in [0.2, 0.25) is 0 Å². The van der Waals surface area contributed by atoms with E-state index >= 15 is 0 Å². The molecule has 0 aliphatic carbocycles. The summed E-state index contributed by atoms with van der Waals surface area (Å²) in [5.74, 6) is 0.491. The highest BCUT2D eigenvalue weighted by atomic mass is 19.4. The average molecular weight is 388 g/mol. The first-order valence-corrected chi connectivity index (χ1v) is 9.03. The van der Waals surface area contributed by atoms with Crippen LogP contribution in [-0.4, -0.2) is 53.8 Å². The van der Waals surface area contributed by atoms with E-state index in [0.717, 1.165) is 11.3 Å². The van der Waals surface area contributed by atoms with Gasteiger partial charge >= 0.3 is 6.18 Å². The summed E-state index contributed by atoms with van der Waals surface area (Å²) in [4.78, 5) is 23.0. The van der Waals surface area contributed by atoms with E-state index in [-0.39, 0.29) is 5.56 Å². The van der Waals surface area contributed by atoms with Gasteiger partial charge in [0, 0.05) is 37.4 Å². The van der Waals surface area contributed by atoms with E-state index in [1.165, 1.54) is 4.90 Å². The third kappa shape index (κ3) is 4.01. The molecule has 146 valence electrons. The molecule has 1 aliphatic rings. The molecule has 2 aromatic carbocycles. The van der Waals surface area contributed by atoms with Gasteiger partial charge in [-0.1, -0.05) is 12.1 Å². The molecule has 5 nitrogen and oxygen atoms in total. The van der Waals surface area contributed by atoms with Crippen molar-refractivity contribution in [2.24, 2.45) is 0 Å². The number of alkyl halides is 3. The molecule has 1 aliphatic heterocycles. The SMILES string of the molecule is O=c1[nH]c(-c2ccc(N3CCN(CC(F)(F)F)CC3)cc2)nc2ccccc12. The minimum atomic E-state index is -4.16. The molecule has 3 aromatic rings. The van der Waals surface area contributed by atoms with E-state index in [1.807, 2.05) is 30.3 Å². The molecule has 0 spiro atoms. The van der Waals surface area contributed by atoms with E-state index < -0.39 is 12.7 Å². The lowest BCUT2D eigenvalue weighted by Crippen LogP contribution is -2.49. The highest BCUT2D eigenvalue weighted by molar-refractivity contribution is 5.79. The average Bonchev–Trinajstić information content (AvgIpc) is 2.67. The van der Waals surface area contributed by atoms with Crippen LogP contribution >= 0.6 is 0 Å². The van der Waals surface area contributed by atoms with E-state index in [9.17, 15) is 18.0 Å². The van der Waals surface area contributed by atoms with Crippen molar-refractivity contribution in [2.75, 3.05) is 37.6 Å². The van der Waals surface area contributed by atoms with Gasteiger partial charge in [0.1, 0.15) is 5.82 Å². The molecule has 1 saturated heterocycles. The number of aromatic amines is 1. The Morgan fingerprint density at radius 1 is 0.964 bits per heavy atom. The van der Waals surface area contributed by atoms with Gasteiger partial charge in [0.2, 0.25) is 0 Å². The van der Waals surface area contributed by atoms with Crippen molar-refractivity contribution in [1.82, 2.24) is 14.9 Å². The molecule has 0 unspecified atom stereocenters. The summed E-state index contributed by atoms with van der Waals surface area (Å²) in [5.41, 5.74) is 2.16. The third-order valence-corrected chi connectivity index (χ3v) is 4.89.